The summed E-state index contributed by atoms with van der Waals surface area (Å²) in [5.41, 5.74) is 1.51. The summed E-state index contributed by atoms with van der Waals surface area (Å²) in [6.07, 6.45) is 2.54. The average molecular weight is 322 g/mol. The van der Waals surface area contributed by atoms with Gasteiger partial charge in [0, 0.05) is 39.9 Å². The predicted octanol–water partition coefficient (Wildman–Crippen LogP) is 2.72. The molecule has 0 aliphatic heterocycles. The molecule has 1 atom stereocenters. The average Bonchev–Trinajstić information content (AvgIpc) is 2.94. The van der Waals surface area contributed by atoms with Crippen molar-refractivity contribution in [2.24, 2.45) is 0 Å². The van der Waals surface area contributed by atoms with Crippen LogP contribution >= 0.6 is 11.3 Å². The molecule has 1 heterocycles. The lowest BCUT2D eigenvalue weighted by Crippen LogP contribution is -2.26. The van der Waals surface area contributed by atoms with Crippen molar-refractivity contribution in [3.05, 3.63) is 45.9 Å². The number of aryl methyl sites for hydroxylation is 1. The Hall–Kier alpha value is -1.53. The van der Waals surface area contributed by atoms with Gasteiger partial charge in [0.05, 0.1) is 17.2 Å². The van der Waals surface area contributed by atoms with E-state index in [4.69, 9.17) is 0 Å². The zero-order chi connectivity index (χ0) is 15.4. The molecule has 112 valence electrons. The van der Waals surface area contributed by atoms with Gasteiger partial charge in [0.2, 0.25) is 0 Å². The maximum absolute atomic E-state index is 12.3. The first-order valence-corrected chi connectivity index (χ1v) is 9.07. The van der Waals surface area contributed by atoms with Gasteiger partial charge in [0.1, 0.15) is 0 Å². The van der Waals surface area contributed by atoms with Crippen LogP contribution in [0.3, 0.4) is 0 Å². The molecule has 0 saturated carbocycles. The standard InChI is InChI=1S/C15H18N2O2S2/c1-4-14-16-12(10-20-14)9-17(2)15(18)11-5-7-13(8-6-11)21(3)19/h5-8,10H,4,9H2,1-3H3/t21-/m0/s1. The molecule has 2 rings (SSSR count). The van der Waals surface area contributed by atoms with Crippen LogP contribution < -0.4 is 0 Å². The quantitative estimate of drug-likeness (QED) is 0.850. The molecule has 1 aromatic carbocycles. The summed E-state index contributed by atoms with van der Waals surface area (Å²) in [7, 11) is 0.739. The third-order valence-corrected chi connectivity index (χ3v) is 5.06. The van der Waals surface area contributed by atoms with Crippen molar-refractivity contribution in [3.63, 3.8) is 0 Å². The lowest BCUT2D eigenvalue weighted by Gasteiger charge is -2.16. The van der Waals surface area contributed by atoms with Gasteiger partial charge >= 0.3 is 0 Å². The monoisotopic (exact) mass is 322 g/mol. The molecular formula is C15H18N2O2S2. The van der Waals surface area contributed by atoms with Crippen LogP contribution in [0.25, 0.3) is 0 Å². The van der Waals surface area contributed by atoms with Crippen molar-refractivity contribution in [1.82, 2.24) is 9.88 Å². The first-order valence-electron chi connectivity index (χ1n) is 6.63. The Labute approximate surface area is 131 Å². The number of nitrogens with zero attached hydrogens (tertiary/aromatic N) is 2. The Balaban J connectivity index is 2.06. The van der Waals surface area contributed by atoms with Crippen LogP contribution in [0.15, 0.2) is 34.5 Å². The van der Waals surface area contributed by atoms with Crippen LogP contribution in [0, 0.1) is 0 Å². The Morgan fingerprint density at radius 2 is 2.00 bits per heavy atom. The van der Waals surface area contributed by atoms with Gasteiger partial charge in [0.15, 0.2) is 0 Å². The summed E-state index contributed by atoms with van der Waals surface area (Å²) in [6.45, 7) is 2.56. The van der Waals surface area contributed by atoms with Crippen molar-refractivity contribution in [3.8, 4) is 0 Å². The van der Waals surface area contributed by atoms with E-state index >= 15 is 0 Å². The van der Waals surface area contributed by atoms with E-state index in [1.807, 2.05) is 5.38 Å². The van der Waals surface area contributed by atoms with Gasteiger partial charge in [-0.3, -0.25) is 9.00 Å². The fraction of sp³-hybridized carbons (Fsp3) is 0.333. The molecule has 0 saturated heterocycles. The van der Waals surface area contributed by atoms with E-state index in [0.717, 1.165) is 22.0 Å². The van der Waals surface area contributed by atoms with E-state index in [-0.39, 0.29) is 5.91 Å². The highest BCUT2D eigenvalue weighted by Crippen LogP contribution is 2.14. The van der Waals surface area contributed by atoms with Crippen molar-refractivity contribution in [2.75, 3.05) is 13.3 Å². The molecular weight excluding hydrogens is 304 g/mol. The van der Waals surface area contributed by atoms with E-state index in [1.165, 1.54) is 0 Å². The largest absolute Gasteiger partial charge is 0.336 e. The van der Waals surface area contributed by atoms with E-state index in [1.54, 1.807) is 53.8 Å². The first-order chi connectivity index (χ1) is 10.0. The Kier molecular flexibility index (Phi) is 5.25. The maximum atomic E-state index is 12.3. The van der Waals surface area contributed by atoms with Crippen molar-refractivity contribution >= 4 is 28.0 Å². The molecule has 0 unspecified atom stereocenters. The molecule has 0 aliphatic rings. The summed E-state index contributed by atoms with van der Waals surface area (Å²) in [4.78, 5) is 19.2. The minimum absolute atomic E-state index is 0.0607. The number of benzene rings is 1. The van der Waals surface area contributed by atoms with Crippen LogP contribution in [-0.4, -0.2) is 33.3 Å². The van der Waals surface area contributed by atoms with Crippen LogP contribution in [-0.2, 0) is 23.8 Å². The molecule has 0 N–H and O–H groups in total. The number of thiazole rings is 1. The van der Waals surface area contributed by atoms with Crippen LogP contribution in [0.2, 0.25) is 0 Å². The Morgan fingerprint density at radius 3 is 2.52 bits per heavy atom. The molecule has 1 aromatic heterocycles. The summed E-state index contributed by atoms with van der Waals surface area (Å²) in [6, 6.07) is 6.90. The molecule has 0 aliphatic carbocycles. The number of aromatic nitrogens is 1. The van der Waals surface area contributed by atoms with Gasteiger partial charge in [-0.25, -0.2) is 4.98 Å². The molecule has 0 radical (unpaired) electrons. The van der Waals surface area contributed by atoms with Gasteiger partial charge in [-0.2, -0.15) is 0 Å². The van der Waals surface area contributed by atoms with Crippen molar-refractivity contribution < 1.29 is 9.00 Å². The van der Waals surface area contributed by atoms with E-state index in [2.05, 4.69) is 11.9 Å². The van der Waals surface area contributed by atoms with Gasteiger partial charge in [-0.1, -0.05) is 6.92 Å². The molecule has 4 nitrogen and oxygen atoms in total. The molecule has 6 heteroatoms. The zero-order valence-corrected chi connectivity index (χ0v) is 14.0. The lowest BCUT2D eigenvalue weighted by atomic mass is 10.2. The molecule has 1 amide bonds. The minimum Gasteiger partial charge on any atom is -0.336 e. The van der Waals surface area contributed by atoms with Crippen molar-refractivity contribution in [1.29, 1.82) is 0 Å². The number of carbonyl (C=O) groups is 1. The summed E-state index contributed by atoms with van der Waals surface area (Å²) < 4.78 is 11.3. The number of amides is 1. The second-order valence-electron chi connectivity index (χ2n) is 4.73. The number of hydrogen-bond donors (Lipinski definition) is 0. The second-order valence-corrected chi connectivity index (χ2v) is 7.05. The Bertz CT molecular complexity index is 650. The highest BCUT2D eigenvalue weighted by molar-refractivity contribution is 7.84. The number of rotatable bonds is 5. The van der Waals surface area contributed by atoms with Crippen LogP contribution in [0.1, 0.15) is 28.0 Å². The number of hydrogen-bond acceptors (Lipinski definition) is 4. The molecule has 2 aromatic rings. The van der Waals surface area contributed by atoms with Crippen LogP contribution in [0.4, 0.5) is 0 Å². The Morgan fingerprint density at radius 1 is 1.33 bits per heavy atom. The highest BCUT2D eigenvalue weighted by Gasteiger charge is 2.13. The molecule has 0 fully saturated rings. The second kappa shape index (κ2) is 6.95. The van der Waals surface area contributed by atoms with Gasteiger partial charge < -0.3 is 4.90 Å². The first kappa shape index (κ1) is 15.9. The maximum Gasteiger partial charge on any atom is 0.253 e. The molecule has 21 heavy (non-hydrogen) atoms. The third-order valence-electron chi connectivity index (χ3n) is 3.08. The van der Waals surface area contributed by atoms with E-state index in [0.29, 0.717) is 12.1 Å². The predicted molar refractivity (Wildman–Crippen MR) is 86.1 cm³/mol. The minimum atomic E-state index is -1.02. The third kappa shape index (κ3) is 3.98. The summed E-state index contributed by atoms with van der Waals surface area (Å²) in [5.74, 6) is -0.0607. The summed E-state index contributed by atoms with van der Waals surface area (Å²) in [5, 5.41) is 3.08. The van der Waals surface area contributed by atoms with Gasteiger partial charge in [-0.05, 0) is 30.7 Å². The van der Waals surface area contributed by atoms with Crippen molar-refractivity contribution in [2.45, 2.75) is 24.8 Å². The summed E-state index contributed by atoms with van der Waals surface area (Å²) >= 11 is 1.62. The van der Waals surface area contributed by atoms with Crippen LogP contribution in [0.5, 0.6) is 0 Å². The fourth-order valence-electron chi connectivity index (χ4n) is 1.91. The van der Waals surface area contributed by atoms with Gasteiger partial charge in [-0.15, -0.1) is 11.3 Å². The highest BCUT2D eigenvalue weighted by atomic mass is 32.2. The van der Waals surface area contributed by atoms with Gasteiger partial charge in [0.25, 0.3) is 5.91 Å². The topological polar surface area (TPSA) is 50.3 Å². The smallest absolute Gasteiger partial charge is 0.253 e. The number of carbonyl (C=O) groups excluding carboxylic acids is 1. The normalized spacial score (nSPS) is 12.1. The fourth-order valence-corrected chi connectivity index (χ4v) is 3.16. The molecule has 0 bridgehead atoms. The SMILES string of the molecule is CCc1nc(CN(C)C(=O)c2ccc([S@](C)=O)cc2)cs1. The lowest BCUT2D eigenvalue weighted by molar-refractivity contribution is 0.0783. The zero-order valence-electron chi connectivity index (χ0n) is 12.3. The van der Waals surface area contributed by atoms with E-state index < -0.39 is 10.8 Å². The molecule has 0 spiro atoms. The van der Waals surface area contributed by atoms with E-state index in [9.17, 15) is 9.00 Å².